The molecule has 0 atom stereocenters. The molecule has 0 amide bonds. The number of hydrogen-bond acceptors (Lipinski definition) is 6. The molecule has 0 saturated carbocycles. The van der Waals surface area contributed by atoms with Crippen LogP contribution in [-0.4, -0.2) is 53.6 Å². The van der Waals surface area contributed by atoms with Crippen molar-refractivity contribution in [2.75, 3.05) is 38.6 Å². The standard InChI is InChI=1S/C15H17F2N3O2S/c16-12-2-1-11(9-13(12)17)15-18-14(22-19-15)10-23-8-5-20-3-6-21-7-4-20/h1-2,9H,3-8,10H2. The summed E-state index contributed by atoms with van der Waals surface area (Å²) in [5.74, 6) is 0.499. The Hall–Kier alpha value is -1.51. The van der Waals surface area contributed by atoms with Gasteiger partial charge >= 0.3 is 0 Å². The molecule has 1 aliphatic rings. The molecule has 1 fully saturated rings. The molecule has 0 spiro atoms. The van der Waals surface area contributed by atoms with E-state index in [0.29, 0.717) is 17.2 Å². The molecule has 124 valence electrons. The number of nitrogens with zero attached hydrogens (tertiary/aromatic N) is 3. The highest BCUT2D eigenvalue weighted by molar-refractivity contribution is 7.98. The molecule has 5 nitrogen and oxygen atoms in total. The van der Waals surface area contributed by atoms with Crippen LogP contribution < -0.4 is 0 Å². The fraction of sp³-hybridized carbons (Fsp3) is 0.467. The minimum Gasteiger partial charge on any atom is -0.379 e. The number of benzene rings is 1. The molecule has 1 aromatic heterocycles. The fourth-order valence-electron chi connectivity index (χ4n) is 2.24. The van der Waals surface area contributed by atoms with E-state index in [4.69, 9.17) is 9.26 Å². The Bertz CT molecular complexity index is 647. The van der Waals surface area contributed by atoms with E-state index in [1.807, 2.05) is 0 Å². The maximum atomic E-state index is 13.2. The highest BCUT2D eigenvalue weighted by atomic mass is 32.2. The summed E-state index contributed by atoms with van der Waals surface area (Å²) in [5, 5.41) is 3.81. The molecule has 0 aliphatic carbocycles. The van der Waals surface area contributed by atoms with Crippen molar-refractivity contribution in [3.63, 3.8) is 0 Å². The van der Waals surface area contributed by atoms with E-state index in [1.54, 1.807) is 11.8 Å². The monoisotopic (exact) mass is 341 g/mol. The van der Waals surface area contributed by atoms with Gasteiger partial charge in [-0.25, -0.2) is 8.78 Å². The van der Waals surface area contributed by atoms with Crippen LogP contribution in [-0.2, 0) is 10.5 Å². The fourth-order valence-corrected chi connectivity index (χ4v) is 3.07. The van der Waals surface area contributed by atoms with Gasteiger partial charge in [0.1, 0.15) is 0 Å². The average Bonchev–Trinajstić information content (AvgIpc) is 3.04. The minimum absolute atomic E-state index is 0.271. The van der Waals surface area contributed by atoms with E-state index >= 15 is 0 Å². The van der Waals surface area contributed by atoms with Gasteiger partial charge in [-0.05, 0) is 18.2 Å². The molecular weight excluding hydrogens is 324 g/mol. The average molecular weight is 341 g/mol. The van der Waals surface area contributed by atoms with E-state index in [-0.39, 0.29) is 5.82 Å². The van der Waals surface area contributed by atoms with E-state index in [9.17, 15) is 8.78 Å². The molecule has 3 rings (SSSR count). The van der Waals surface area contributed by atoms with Gasteiger partial charge in [-0.2, -0.15) is 16.7 Å². The zero-order chi connectivity index (χ0) is 16.1. The first-order valence-corrected chi connectivity index (χ1v) is 8.54. The normalized spacial score (nSPS) is 15.9. The Morgan fingerprint density at radius 2 is 2.00 bits per heavy atom. The highest BCUT2D eigenvalue weighted by Crippen LogP contribution is 2.20. The van der Waals surface area contributed by atoms with Crippen LogP contribution in [0.15, 0.2) is 22.7 Å². The molecule has 0 bridgehead atoms. The second kappa shape index (κ2) is 7.85. The van der Waals surface area contributed by atoms with E-state index in [0.717, 1.165) is 50.7 Å². The first-order chi connectivity index (χ1) is 11.2. The molecule has 0 unspecified atom stereocenters. The van der Waals surface area contributed by atoms with Crippen molar-refractivity contribution in [1.29, 1.82) is 0 Å². The molecule has 2 aromatic rings. The third-order valence-corrected chi connectivity index (χ3v) is 4.45. The summed E-state index contributed by atoms with van der Waals surface area (Å²) in [5.41, 5.74) is 0.400. The molecule has 0 N–H and O–H groups in total. The van der Waals surface area contributed by atoms with Gasteiger partial charge in [-0.3, -0.25) is 4.90 Å². The Morgan fingerprint density at radius 1 is 1.17 bits per heavy atom. The van der Waals surface area contributed by atoms with Crippen LogP contribution in [0.2, 0.25) is 0 Å². The van der Waals surface area contributed by atoms with Crippen molar-refractivity contribution in [3.8, 4) is 11.4 Å². The Kier molecular flexibility index (Phi) is 5.58. The third kappa shape index (κ3) is 4.49. The summed E-state index contributed by atoms with van der Waals surface area (Å²) in [7, 11) is 0. The maximum absolute atomic E-state index is 13.2. The first kappa shape index (κ1) is 16.4. The van der Waals surface area contributed by atoms with Crippen molar-refractivity contribution < 1.29 is 18.0 Å². The van der Waals surface area contributed by atoms with Gasteiger partial charge in [0, 0.05) is 31.0 Å². The van der Waals surface area contributed by atoms with Crippen LogP contribution in [0, 0.1) is 11.6 Å². The summed E-state index contributed by atoms with van der Waals surface area (Å²) in [6.45, 7) is 4.54. The molecule has 1 saturated heterocycles. The SMILES string of the molecule is Fc1ccc(-c2noc(CSCCN3CCOCC3)n2)cc1F. The second-order valence-corrected chi connectivity index (χ2v) is 6.25. The summed E-state index contributed by atoms with van der Waals surface area (Å²) >= 11 is 1.70. The quantitative estimate of drug-likeness (QED) is 0.753. The van der Waals surface area contributed by atoms with Crippen LogP contribution in [0.25, 0.3) is 11.4 Å². The lowest BCUT2D eigenvalue weighted by Gasteiger charge is -2.26. The van der Waals surface area contributed by atoms with Crippen LogP contribution in [0.4, 0.5) is 8.78 Å². The third-order valence-electron chi connectivity index (χ3n) is 3.53. The molecule has 1 aliphatic heterocycles. The van der Waals surface area contributed by atoms with Crippen molar-refractivity contribution in [3.05, 3.63) is 35.7 Å². The minimum atomic E-state index is -0.922. The van der Waals surface area contributed by atoms with E-state index in [2.05, 4.69) is 15.0 Å². The highest BCUT2D eigenvalue weighted by Gasteiger charge is 2.12. The van der Waals surface area contributed by atoms with Gasteiger partial charge in [0.05, 0.1) is 19.0 Å². The number of thioether (sulfide) groups is 1. The molecule has 8 heteroatoms. The lowest BCUT2D eigenvalue weighted by Crippen LogP contribution is -2.37. The Morgan fingerprint density at radius 3 is 2.78 bits per heavy atom. The van der Waals surface area contributed by atoms with Crippen molar-refractivity contribution >= 4 is 11.8 Å². The smallest absolute Gasteiger partial charge is 0.236 e. The van der Waals surface area contributed by atoms with E-state index < -0.39 is 11.6 Å². The number of aromatic nitrogens is 2. The van der Waals surface area contributed by atoms with Crippen molar-refractivity contribution in [2.45, 2.75) is 5.75 Å². The number of rotatable bonds is 6. The number of morpholine rings is 1. The van der Waals surface area contributed by atoms with Gasteiger partial charge in [-0.1, -0.05) is 5.16 Å². The largest absolute Gasteiger partial charge is 0.379 e. The summed E-state index contributed by atoms with van der Waals surface area (Å²) in [4.78, 5) is 6.57. The zero-order valence-corrected chi connectivity index (χ0v) is 13.3. The number of halogens is 2. The summed E-state index contributed by atoms with van der Waals surface area (Å²) in [6, 6.07) is 3.55. The lowest BCUT2D eigenvalue weighted by atomic mass is 10.2. The summed E-state index contributed by atoms with van der Waals surface area (Å²) < 4.78 is 36.6. The lowest BCUT2D eigenvalue weighted by molar-refractivity contribution is 0.0410. The first-order valence-electron chi connectivity index (χ1n) is 7.38. The van der Waals surface area contributed by atoms with Gasteiger partial charge in [0.15, 0.2) is 11.6 Å². The van der Waals surface area contributed by atoms with Crippen LogP contribution >= 0.6 is 11.8 Å². The van der Waals surface area contributed by atoms with Gasteiger partial charge in [0.25, 0.3) is 0 Å². The molecule has 0 radical (unpaired) electrons. The summed E-state index contributed by atoms with van der Waals surface area (Å²) in [6.07, 6.45) is 0. The predicted octanol–water partition coefficient (Wildman–Crippen LogP) is 2.58. The predicted molar refractivity (Wildman–Crippen MR) is 83.1 cm³/mol. The van der Waals surface area contributed by atoms with Crippen LogP contribution in [0.3, 0.4) is 0 Å². The molecule has 23 heavy (non-hydrogen) atoms. The number of ether oxygens (including phenoxy) is 1. The van der Waals surface area contributed by atoms with Gasteiger partial charge < -0.3 is 9.26 Å². The van der Waals surface area contributed by atoms with Crippen LogP contribution in [0.5, 0.6) is 0 Å². The Labute approximate surface area is 137 Å². The zero-order valence-electron chi connectivity index (χ0n) is 12.5. The number of hydrogen-bond donors (Lipinski definition) is 0. The van der Waals surface area contributed by atoms with Crippen LogP contribution in [0.1, 0.15) is 5.89 Å². The maximum Gasteiger partial charge on any atom is 0.236 e. The van der Waals surface area contributed by atoms with Crippen molar-refractivity contribution in [1.82, 2.24) is 15.0 Å². The Balaban J connectivity index is 1.48. The second-order valence-electron chi connectivity index (χ2n) is 5.15. The van der Waals surface area contributed by atoms with Crippen molar-refractivity contribution in [2.24, 2.45) is 0 Å². The topological polar surface area (TPSA) is 51.4 Å². The van der Waals surface area contributed by atoms with E-state index in [1.165, 1.54) is 6.07 Å². The van der Waals surface area contributed by atoms with Gasteiger partial charge in [0.2, 0.25) is 11.7 Å². The molecule has 1 aromatic carbocycles. The van der Waals surface area contributed by atoms with Gasteiger partial charge in [-0.15, -0.1) is 0 Å². The molecule has 2 heterocycles. The molecular formula is C15H17F2N3O2S.